The molecular formula is C14H15ClN2OS2. The highest BCUT2D eigenvalue weighted by Crippen LogP contribution is 2.22. The summed E-state index contributed by atoms with van der Waals surface area (Å²) in [5.74, 6) is 0.369. The van der Waals surface area contributed by atoms with Crippen molar-refractivity contribution in [3.8, 4) is 0 Å². The van der Waals surface area contributed by atoms with Crippen molar-refractivity contribution in [2.45, 2.75) is 24.2 Å². The lowest BCUT2D eigenvalue weighted by atomic mass is 10.1. The highest BCUT2D eigenvalue weighted by atomic mass is 35.5. The normalized spacial score (nSPS) is 12.2. The molecule has 0 fully saturated rings. The summed E-state index contributed by atoms with van der Waals surface area (Å²) in [7, 11) is 0. The second-order valence-corrected chi connectivity index (χ2v) is 6.90. The minimum Gasteiger partial charge on any atom is -0.349 e. The van der Waals surface area contributed by atoms with E-state index in [1.165, 1.54) is 11.8 Å². The average Bonchev–Trinajstić information content (AvgIpc) is 2.82. The van der Waals surface area contributed by atoms with Crippen LogP contribution in [0.5, 0.6) is 0 Å². The van der Waals surface area contributed by atoms with Crippen LogP contribution in [0.1, 0.15) is 24.2 Å². The third-order valence-electron chi connectivity index (χ3n) is 2.65. The molecule has 0 aliphatic heterocycles. The number of amides is 1. The lowest BCUT2D eigenvalue weighted by Gasteiger charge is -2.14. The highest BCUT2D eigenvalue weighted by molar-refractivity contribution is 8.01. The number of carbonyl (C=O) groups is 1. The molecule has 1 aromatic carbocycles. The van der Waals surface area contributed by atoms with E-state index >= 15 is 0 Å². The van der Waals surface area contributed by atoms with Gasteiger partial charge in [-0.3, -0.25) is 4.79 Å². The van der Waals surface area contributed by atoms with Crippen LogP contribution in [0, 0.1) is 6.92 Å². The fourth-order valence-electron chi connectivity index (χ4n) is 1.67. The van der Waals surface area contributed by atoms with Crippen molar-refractivity contribution in [2.75, 3.05) is 5.75 Å². The maximum atomic E-state index is 11.9. The van der Waals surface area contributed by atoms with E-state index in [-0.39, 0.29) is 11.9 Å². The number of rotatable bonds is 5. The van der Waals surface area contributed by atoms with Crippen LogP contribution < -0.4 is 5.32 Å². The van der Waals surface area contributed by atoms with E-state index in [9.17, 15) is 4.79 Å². The molecule has 106 valence electrons. The quantitative estimate of drug-likeness (QED) is 0.842. The zero-order valence-electron chi connectivity index (χ0n) is 11.2. The van der Waals surface area contributed by atoms with Gasteiger partial charge in [-0.15, -0.1) is 11.3 Å². The number of halogens is 1. The predicted molar refractivity (Wildman–Crippen MR) is 85.6 cm³/mol. The van der Waals surface area contributed by atoms with Gasteiger partial charge in [-0.1, -0.05) is 35.5 Å². The number of aromatic nitrogens is 1. The van der Waals surface area contributed by atoms with Gasteiger partial charge in [0.25, 0.3) is 0 Å². The van der Waals surface area contributed by atoms with Gasteiger partial charge in [0.15, 0.2) is 4.34 Å². The van der Waals surface area contributed by atoms with Crippen LogP contribution in [0.3, 0.4) is 0 Å². The average molecular weight is 327 g/mol. The minimum atomic E-state index is -0.0557. The Labute approximate surface area is 131 Å². The van der Waals surface area contributed by atoms with Gasteiger partial charge in [-0.25, -0.2) is 4.98 Å². The van der Waals surface area contributed by atoms with Gasteiger partial charge in [0.1, 0.15) is 0 Å². The van der Waals surface area contributed by atoms with Crippen LogP contribution in [0.4, 0.5) is 0 Å². The molecule has 0 saturated carbocycles. The third kappa shape index (κ3) is 4.51. The number of nitrogens with zero attached hydrogens (tertiary/aromatic N) is 1. The van der Waals surface area contributed by atoms with Crippen LogP contribution >= 0.6 is 34.7 Å². The van der Waals surface area contributed by atoms with Crippen molar-refractivity contribution in [3.05, 3.63) is 45.9 Å². The zero-order valence-corrected chi connectivity index (χ0v) is 13.6. The van der Waals surface area contributed by atoms with Crippen LogP contribution in [0.25, 0.3) is 0 Å². The number of nitrogens with one attached hydrogen (secondary N) is 1. The maximum Gasteiger partial charge on any atom is 0.230 e. The summed E-state index contributed by atoms with van der Waals surface area (Å²) in [6.45, 7) is 3.89. The van der Waals surface area contributed by atoms with E-state index in [0.717, 1.165) is 15.6 Å². The largest absolute Gasteiger partial charge is 0.349 e. The predicted octanol–water partition coefficient (Wildman–Crippen LogP) is 4.07. The second-order valence-electron chi connectivity index (χ2n) is 4.39. The Morgan fingerprint density at radius 3 is 3.00 bits per heavy atom. The highest BCUT2D eigenvalue weighted by Gasteiger charge is 2.11. The first kappa shape index (κ1) is 15.4. The summed E-state index contributed by atoms with van der Waals surface area (Å²) in [6.07, 6.45) is 0. The van der Waals surface area contributed by atoms with Crippen LogP contribution in [0.2, 0.25) is 5.02 Å². The van der Waals surface area contributed by atoms with Crippen molar-refractivity contribution in [2.24, 2.45) is 0 Å². The van der Waals surface area contributed by atoms with Crippen molar-refractivity contribution in [3.63, 3.8) is 0 Å². The molecular weight excluding hydrogens is 312 g/mol. The van der Waals surface area contributed by atoms with E-state index in [1.54, 1.807) is 11.3 Å². The Hall–Kier alpha value is -1.04. The Balaban J connectivity index is 1.85. The molecule has 0 unspecified atom stereocenters. The monoisotopic (exact) mass is 326 g/mol. The number of carbonyl (C=O) groups excluding carboxylic acids is 1. The molecule has 6 heteroatoms. The van der Waals surface area contributed by atoms with Crippen LogP contribution in [-0.2, 0) is 4.79 Å². The number of benzene rings is 1. The van der Waals surface area contributed by atoms with E-state index < -0.39 is 0 Å². The molecule has 2 aromatic rings. The Morgan fingerprint density at radius 2 is 2.35 bits per heavy atom. The number of thiazole rings is 1. The summed E-state index contributed by atoms with van der Waals surface area (Å²) in [6, 6.07) is 7.46. The van der Waals surface area contributed by atoms with Crippen molar-refractivity contribution in [1.29, 1.82) is 0 Å². The van der Waals surface area contributed by atoms with Gasteiger partial charge >= 0.3 is 0 Å². The lowest BCUT2D eigenvalue weighted by molar-refractivity contribution is -0.119. The summed E-state index contributed by atoms with van der Waals surface area (Å²) in [4.78, 5) is 16.2. The van der Waals surface area contributed by atoms with Crippen molar-refractivity contribution in [1.82, 2.24) is 10.3 Å². The van der Waals surface area contributed by atoms with Crippen molar-refractivity contribution >= 4 is 40.6 Å². The molecule has 0 radical (unpaired) electrons. The summed E-state index contributed by atoms with van der Waals surface area (Å²) >= 11 is 8.97. The van der Waals surface area contributed by atoms with Gasteiger partial charge in [0, 0.05) is 16.1 Å². The van der Waals surface area contributed by atoms with Gasteiger partial charge in [-0.2, -0.15) is 0 Å². The number of aryl methyl sites for hydroxylation is 1. The maximum absolute atomic E-state index is 11.9. The smallest absolute Gasteiger partial charge is 0.230 e. The second kappa shape index (κ2) is 7.11. The molecule has 0 saturated heterocycles. The lowest BCUT2D eigenvalue weighted by Crippen LogP contribution is -2.28. The Kier molecular flexibility index (Phi) is 5.46. The molecule has 20 heavy (non-hydrogen) atoms. The first-order chi connectivity index (χ1) is 9.54. The molecule has 2 rings (SSSR count). The van der Waals surface area contributed by atoms with E-state index in [4.69, 9.17) is 11.6 Å². The summed E-state index contributed by atoms with van der Waals surface area (Å²) < 4.78 is 0.924. The number of hydrogen-bond donors (Lipinski definition) is 1. The summed E-state index contributed by atoms with van der Waals surface area (Å²) in [5, 5.41) is 5.62. The van der Waals surface area contributed by atoms with Crippen LogP contribution in [0.15, 0.2) is 34.0 Å². The molecule has 3 nitrogen and oxygen atoms in total. The van der Waals surface area contributed by atoms with E-state index in [1.807, 2.05) is 43.5 Å². The fourth-order valence-corrected chi connectivity index (χ4v) is 3.53. The summed E-state index contributed by atoms with van der Waals surface area (Å²) in [5.41, 5.74) is 1.99. The fraction of sp³-hybridized carbons (Fsp3) is 0.286. The van der Waals surface area contributed by atoms with Gasteiger partial charge in [0.05, 0.1) is 11.8 Å². The number of thioether (sulfide) groups is 1. The first-order valence-corrected chi connectivity index (χ1v) is 8.38. The van der Waals surface area contributed by atoms with Crippen LogP contribution in [-0.4, -0.2) is 16.6 Å². The molecule has 1 aromatic heterocycles. The molecule has 0 spiro atoms. The van der Waals surface area contributed by atoms with Crippen molar-refractivity contribution < 1.29 is 4.79 Å². The topological polar surface area (TPSA) is 42.0 Å². The zero-order chi connectivity index (χ0) is 14.5. The van der Waals surface area contributed by atoms with Gasteiger partial charge < -0.3 is 5.32 Å². The molecule has 0 aliphatic rings. The Bertz CT molecular complexity index is 600. The third-order valence-corrected chi connectivity index (χ3v) is 5.02. The molecule has 1 N–H and O–H groups in total. The molecule has 1 heterocycles. The standard InChI is InChI=1S/C14H15ClN2OS2/c1-9-7-19-14(16-9)20-8-13(18)17-10(2)11-4-3-5-12(15)6-11/h3-7,10H,8H2,1-2H3,(H,17,18)/t10-/m1/s1. The molecule has 1 atom stereocenters. The SMILES string of the molecule is Cc1csc(SCC(=O)N[C@H](C)c2cccc(Cl)c2)n1. The van der Waals surface area contributed by atoms with Gasteiger partial charge in [-0.05, 0) is 31.5 Å². The molecule has 1 amide bonds. The molecule has 0 bridgehead atoms. The Morgan fingerprint density at radius 1 is 1.55 bits per heavy atom. The molecule has 0 aliphatic carbocycles. The first-order valence-electron chi connectivity index (χ1n) is 6.14. The minimum absolute atomic E-state index is 0.00433. The van der Waals surface area contributed by atoms with E-state index in [0.29, 0.717) is 10.8 Å². The van der Waals surface area contributed by atoms with E-state index in [2.05, 4.69) is 10.3 Å². The van der Waals surface area contributed by atoms with Gasteiger partial charge in [0.2, 0.25) is 5.91 Å². The number of hydrogen-bond acceptors (Lipinski definition) is 4.